The van der Waals surface area contributed by atoms with Crippen molar-refractivity contribution >= 4 is 81.1 Å². The van der Waals surface area contributed by atoms with E-state index in [1.165, 1.54) is 97.5 Å². The maximum atomic E-state index is 2.43. The minimum absolute atomic E-state index is 1.11. The molecule has 0 bridgehead atoms. The number of hydrogen-bond acceptors (Lipinski definition) is 2. The molecule has 0 aliphatic heterocycles. The van der Waals surface area contributed by atoms with Crippen molar-refractivity contribution in [3.63, 3.8) is 0 Å². The summed E-state index contributed by atoms with van der Waals surface area (Å²) in [5.41, 5.74) is 14.2. The van der Waals surface area contributed by atoms with Crippen LogP contribution in [0, 0.1) is 0 Å². The van der Waals surface area contributed by atoms with Gasteiger partial charge >= 0.3 is 0 Å². The van der Waals surface area contributed by atoms with Crippen LogP contribution in [0.1, 0.15) is 0 Å². The van der Waals surface area contributed by atoms with Crippen LogP contribution >= 0.6 is 11.3 Å². The first-order chi connectivity index (χ1) is 30.2. The fourth-order valence-electron chi connectivity index (χ4n) is 9.24. The highest BCUT2D eigenvalue weighted by atomic mass is 32.1. The number of anilines is 3. The zero-order valence-electron chi connectivity index (χ0n) is 33.2. The smallest absolute Gasteiger partial charge is 0.0640 e. The highest BCUT2D eigenvalue weighted by Gasteiger charge is 2.19. The van der Waals surface area contributed by atoms with E-state index in [0.717, 1.165) is 11.4 Å². The maximum Gasteiger partial charge on any atom is 0.0640 e. The van der Waals surface area contributed by atoms with Gasteiger partial charge in [0, 0.05) is 43.0 Å². The van der Waals surface area contributed by atoms with Gasteiger partial charge in [0.2, 0.25) is 0 Å². The zero-order chi connectivity index (χ0) is 40.3. The first kappa shape index (κ1) is 35.2. The van der Waals surface area contributed by atoms with Crippen LogP contribution in [0.2, 0.25) is 0 Å². The minimum Gasteiger partial charge on any atom is -0.309 e. The largest absolute Gasteiger partial charge is 0.309 e. The lowest BCUT2D eigenvalue weighted by molar-refractivity contribution is 1.20. The molecule has 286 valence electrons. The Labute approximate surface area is 358 Å². The SMILES string of the molecule is c1ccc(-c2ccc(-c3ccc(N(c4ccc(-c5ccc6c(c5)c5ccccc5n6-c5cccc6ccccc56)cc4)c4cccc5c4sc4ccccc45)cc3)cc2)cc1. The molecule has 2 aromatic heterocycles. The van der Waals surface area contributed by atoms with Gasteiger partial charge in [0.1, 0.15) is 0 Å². The van der Waals surface area contributed by atoms with Crippen molar-refractivity contribution in [2.24, 2.45) is 0 Å². The van der Waals surface area contributed by atoms with E-state index < -0.39 is 0 Å². The number of fused-ring (bicyclic) bond motifs is 7. The first-order valence-electron chi connectivity index (χ1n) is 20.8. The summed E-state index contributed by atoms with van der Waals surface area (Å²) >= 11 is 1.86. The Bertz CT molecular complexity index is 3560. The van der Waals surface area contributed by atoms with E-state index in [2.05, 4.69) is 240 Å². The molecule has 10 aromatic carbocycles. The van der Waals surface area contributed by atoms with Crippen LogP contribution in [0.15, 0.2) is 231 Å². The van der Waals surface area contributed by atoms with Crippen molar-refractivity contribution < 1.29 is 0 Å². The monoisotopic (exact) mass is 794 g/mol. The number of aromatic nitrogens is 1. The van der Waals surface area contributed by atoms with Crippen molar-refractivity contribution in [2.45, 2.75) is 0 Å². The lowest BCUT2D eigenvalue weighted by atomic mass is 10.00. The summed E-state index contributed by atoms with van der Waals surface area (Å²) < 4.78 is 5.00. The minimum atomic E-state index is 1.11. The molecule has 0 fully saturated rings. The van der Waals surface area contributed by atoms with E-state index in [0.29, 0.717) is 0 Å². The van der Waals surface area contributed by atoms with Gasteiger partial charge in [0.25, 0.3) is 0 Å². The normalized spacial score (nSPS) is 11.6. The molecule has 0 radical (unpaired) electrons. The Morgan fingerprint density at radius 1 is 0.328 bits per heavy atom. The molecule has 0 aliphatic carbocycles. The van der Waals surface area contributed by atoms with Crippen molar-refractivity contribution in [1.29, 1.82) is 0 Å². The first-order valence-corrected chi connectivity index (χ1v) is 21.6. The van der Waals surface area contributed by atoms with Crippen LogP contribution in [0.25, 0.3) is 91.8 Å². The van der Waals surface area contributed by atoms with Gasteiger partial charge in [-0.2, -0.15) is 0 Å². The summed E-state index contributed by atoms with van der Waals surface area (Å²) in [6.07, 6.45) is 0. The average Bonchev–Trinajstić information content (AvgIpc) is 3.88. The molecular formula is C58H38N2S. The molecule has 0 saturated heterocycles. The molecule has 12 aromatic rings. The number of rotatable bonds is 7. The van der Waals surface area contributed by atoms with Crippen molar-refractivity contribution in [1.82, 2.24) is 4.57 Å². The Kier molecular flexibility index (Phi) is 8.39. The van der Waals surface area contributed by atoms with E-state index in [1.54, 1.807) is 0 Å². The van der Waals surface area contributed by atoms with Gasteiger partial charge in [-0.1, -0.05) is 170 Å². The van der Waals surface area contributed by atoms with Crippen molar-refractivity contribution in [3.05, 3.63) is 231 Å². The van der Waals surface area contributed by atoms with Gasteiger partial charge in [-0.25, -0.2) is 0 Å². The van der Waals surface area contributed by atoms with Crippen LogP contribution in [0.4, 0.5) is 17.1 Å². The second-order valence-electron chi connectivity index (χ2n) is 15.7. The van der Waals surface area contributed by atoms with E-state index in [-0.39, 0.29) is 0 Å². The highest BCUT2D eigenvalue weighted by Crippen LogP contribution is 2.45. The summed E-state index contributed by atoms with van der Waals surface area (Å²) in [5.74, 6) is 0. The van der Waals surface area contributed by atoms with Gasteiger partial charge in [-0.05, 0) is 99.4 Å². The molecule has 0 amide bonds. The molecule has 2 heterocycles. The van der Waals surface area contributed by atoms with E-state index >= 15 is 0 Å². The molecule has 0 aliphatic rings. The average molecular weight is 795 g/mol. The van der Waals surface area contributed by atoms with Gasteiger partial charge in [-0.15, -0.1) is 11.3 Å². The third kappa shape index (κ3) is 6.01. The second kappa shape index (κ2) is 14.5. The lowest BCUT2D eigenvalue weighted by Crippen LogP contribution is -2.10. The van der Waals surface area contributed by atoms with E-state index in [4.69, 9.17) is 0 Å². The number of benzene rings is 10. The molecule has 0 N–H and O–H groups in total. The summed E-state index contributed by atoms with van der Waals surface area (Å²) in [6.45, 7) is 0. The van der Waals surface area contributed by atoms with Crippen LogP contribution < -0.4 is 4.90 Å². The van der Waals surface area contributed by atoms with E-state index in [1.807, 2.05) is 11.3 Å². The van der Waals surface area contributed by atoms with Crippen LogP contribution in [-0.4, -0.2) is 4.57 Å². The Morgan fingerprint density at radius 2 is 0.836 bits per heavy atom. The van der Waals surface area contributed by atoms with Crippen LogP contribution in [0.5, 0.6) is 0 Å². The predicted octanol–water partition coefficient (Wildman–Crippen LogP) is 16.8. The van der Waals surface area contributed by atoms with Crippen LogP contribution in [-0.2, 0) is 0 Å². The molecule has 0 unspecified atom stereocenters. The Morgan fingerprint density at radius 3 is 1.57 bits per heavy atom. The third-order valence-corrected chi connectivity index (χ3v) is 13.4. The quantitative estimate of drug-likeness (QED) is 0.156. The van der Waals surface area contributed by atoms with Crippen LogP contribution in [0.3, 0.4) is 0 Å². The van der Waals surface area contributed by atoms with E-state index in [9.17, 15) is 0 Å². The fraction of sp³-hybridized carbons (Fsp3) is 0. The third-order valence-electron chi connectivity index (χ3n) is 12.2. The molecule has 12 rings (SSSR count). The molecule has 2 nitrogen and oxygen atoms in total. The zero-order valence-corrected chi connectivity index (χ0v) is 34.1. The Balaban J connectivity index is 0.947. The number of hydrogen-bond donors (Lipinski definition) is 0. The second-order valence-corrected chi connectivity index (χ2v) is 16.8. The van der Waals surface area contributed by atoms with Gasteiger partial charge in [-0.3, -0.25) is 0 Å². The van der Waals surface area contributed by atoms with Crippen molar-refractivity contribution in [2.75, 3.05) is 4.90 Å². The van der Waals surface area contributed by atoms with Crippen molar-refractivity contribution in [3.8, 4) is 39.1 Å². The Hall–Kier alpha value is -7.72. The topological polar surface area (TPSA) is 8.17 Å². The lowest BCUT2D eigenvalue weighted by Gasteiger charge is -2.26. The van der Waals surface area contributed by atoms with Gasteiger partial charge < -0.3 is 9.47 Å². The molecule has 0 atom stereocenters. The fourth-order valence-corrected chi connectivity index (χ4v) is 10.4. The highest BCUT2D eigenvalue weighted by molar-refractivity contribution is 7.26. The van der Waals surface area contributed by atoms with Gasteiger partial charge in [0.15, 0.2) is 0 Å². The predicted molar refractivity (Wildman–Crippen MR) is 262 cm³/mol. The number of nitrogens with zero attached hydrogens (tertiary/aromatic N) is 2. The molecular weight excluding hydrogens is 757 g/mol. The molecule has 61 heavy (non-hydrogen) atoms. The number of para-hydroxylation sites is 1. The molecule has 0 saturated carbocycles. The summed E-state index contributed by atoms with van der Waals surface area (Å²) in [5, 5.41) is 7.57. The molecule has 3 heteroatoms. The standard InChI is InChI=1S/C58H38N2S/c1-2-12-39(13-3-1)40-24-26-41(27-25-40)42-28-33-46(34-29-42)59(56-22-11-19-51-50-18-7-9-23-57(50)61-58(51)56)47-35-30-43(31-36-47)45-32-37-55-52(38-45)49-17-6-8-20-54(49)60(55)53-21-10-15-44-14-4-5-16-48(44)53/h1-38H. The molecule has 0 spiro atoms. The van der Waals surface area contributed by atoms with Gasteiger partial charge in [0.05, 0.1) is 27.1 Å². The summed E-state index contributed by atoms with van der Waals surface area (Å²) in [6, 6.07) is 84.1. The maximum absolute atomic E-state index is 2.43. The summed E-state index contributed by atoms with van der Waals surface area (Å²) in [7, 11) is 0. The summed E-state index contributed by atoms with van der Waals surface area (Å²) in [4.78, 5) is 2.42. The number of thiophene rings is 1.